The van der Waals surface area contributed by atoms with Crippen molar-refractivity contribution in [2.75, 3.05) is 14.2 Å². The van der Waals surface area contributed by atoms with Crippen molar-refractivity contribution in [2.45, 2.75) is 65.6 Å². The quantitative estimate of drug-likeness (QED) is 0.367. The number of aromatic nitrogens is 2. The normalized spacial score (nSPS) is 12.8. The minimum Gasteiger partial charge on any atom is -0.467 e. The van der Waals surface area contributed by atoms with Gasteiger partial charge in [-0.1, -0.05) is 27.7 Å². The van der Waals surface area contributed by atoms with E-state index in [9.17, 15) is 33.1 Å². The van der Waals surface area contributed by atoms with E-state index in [1.807, 2.05) is 0 Å². The van der Waals surface area contributed by atoms with Crippen LogP contribution in [0.1, 0.15) is 67.0 Å². The van der Waals surface area contributed by atoms with Crippen molar-refractivity contribution in [3.63, 3.8) is 0 Å². The molecule has 2 amide bonds. The maximum atomic E-state index is 13.3. The molecule has 0 saturated carbocycles. The summed E-state index contributed by atoms with van der Waals surface area (Å²) < 4.78 is 35.8. The fourth-order valence-corrected chi connectivity index (χ4v) is 3.28. The standard InChI is InChI=1S/C14H19FN2O3.C13H17FN2O4/c1-5-10-9(15)6-7-11(16-10)13(18)17-12(8(2)3)14(19)20-4;1-4-9-8(14)5-6-10(15-9)12(18)16-11(7(2)17)13(19)20-3/h6-8,12H,5H2,1-4H3,(H,17,18);5-7,11,17H,4H2,1-3H3,(H,16,18). The highest BCUT2D eigenvalue weighted by Gasteiger charge is 2.28. The summed E-state index contributed by atoms with van der Waals surface area (Å²) in [5.74, 6) is -3.57. The van der Waals surface area contributed by atoms with Crippen LogP contribution < -0.4 is 10.6 Å². The summed E-state index contributed by atoms with van der Waals surface area (Å²) in [7, 11) is 2.41. The van der Waals surface area contributed by atoms with Gasteiger partial charge in [0.05, 0.1) is 31.7 Å². The minimum absolute atomic E-state index is 0.0298. The fourth-order valence-electron chi connectivity index (χ4n) is 3.28. The van der Waals surface area contributed by atoms with Gasteiger partial charge in [0.1, 0.15) is 29.1 Å². The van der Waals surface area contributed by atoms with E-state index >= 15 is 0 Å². The Bertz CT molecular complexity index is 1100. The van der Waals surface area contributed by atoms with Crippen LogP contribution in [0.4, 0.5) is 8.78 Å². The number of pyridine rings is 2. The van der Waals surface area contributed by atoms with Gasteiger partial charge in [-0.15, -0.1) is 0 Å². The minimum atomic E-state index is -1.20. The van der Waals surface area contributed by atoms with Crippen molar-refractivity contribution < 1.29 is 42.5 Å². The predicted molar refractivity (Wildman–Crippen MR) is 140 cm³/mol. The van der Waals surface area contributed by atoms with Crippen LogP contribution in [0.5, 0.6) is 0 Å². The first-order chi connectivity index (χ1) is 18.8. The maximum absolute atomic E-state index is 13.3. The van der Waals surface area contributed by atoms with Crippen LogP contribution in [0.15, 0.2) is 24.3 Å². The lowest BCUT2D eigenvalue weighted by Gasteiger charge is -2.19. The summed E-state index contributed by atoms with van der Waals surface area (Å²) in [5.41, 5.74) is 0.428. The Hall–Kier alpha value is -4.00. The van der Waals surface area contributed by atoms with E-state index in [4.69, 9.17) is 0 Å². The van der Waals surface area contributed by atoms with Gasteiger partial charge in [0.2, 0.25) is 0 Å². The molecule has 0 aromatic carbocycles. The van der Waals surface area contributed by atoms with E-state index < -0.39 is 53.6 Å². The number of carbonyl (C=O) groups is 4. The van der Waals surface area contributed by atoms with Gasteiger partial charge in [-0.2, -0.15) is 0 Å². The van der Waals surface area contributed by atoms with Crippen LogP contribution in [0.2, 0.25) is 0 Å². The number of aliphatic hydroxyl groups is 1. The van der Waals surface area contributed by atoms with Crippen LogP contribution in [0, 0.1) is 17.6 Å². The van der Waals surface area contributed by atoms with Crippen molar-refractivity contribution in [1.29, 1.82) is 0 Å². The number of ether oxygens (including phenoxy) is 2. The van der Waals surface area contributed by atoms with E-state index in [0.717, 1.165) is 13.2 Å². The van der Waals surface area contributed by atoms with Crippen molar-refractivity contribution in [3.05, 3.63) is 58.7 Å². The number of hydrogen-bond donors (Lipinski definition) is 3. The molecule has 13 heteroatoms. The lowest BCUT2D eigenvalue weighted by molar-refractivity contribution is -0.145. The van der Waals surface area contributed by atoms with Gasteiger partial charge in [0, 0.05) is 0 Å². The summed E-state index contributed by atoms with van der Waals surface area (Å²) >= 11 is 0. The third-order valence-electron chi connectivity index (χ3n) is 5.60. The van der Waals surface area contributed by atoms with Crippen LogP contribution in [-0.2, 0) is 31.9 Å². The number of nitrogens with zero attached hydrogens (tertiary/aromatic N) is 2. The fraction of sp³-hybridized carbons (Fsp3) is 0.481. The SMILES string of the molecule is CCc1nc(C(=O)NC(C(=O)OC)C(C)C)ccc1F.CCc1nc(C(=O)NC(C(=O)OC)C(C)O)ccc1F. The molecule has 0 fully saturated rings. The summed E-state index contributed by atoms with van der Waals surface area (Å²) in [6.45, 7) is 8.38. The van der Waals surface area contributed by atoms with E-state index in [-0.39, 0.29) is 28.7 Å². The molecule has 0 aliphatic carbocycles. The van der Waals surface area contributed by atoms with Crippen molar-refractivity contribution in [2.24, 2.45) is 5.92 Å². The van der Waals surface area contributed by atoms with Gasteiger partial charge >= 0.3 is 11.9 Å². The number of nitrogens with one attached hydrogen (secondary N) is 2. The Morgan fingerprint density at radius 3 is 1.48 bits per heavy atom. The third-order valence-corrected chi connectivity index (χ3v) is 5.60. The molecule has 0 aliphatic heterocycles. The Kier molecular flexibility index (Phi) is 13.8. The van der Waals surface area contributed by atoms with Gasteiger partial charge in [-0.3, -0.25) is 9.59 Å². The van der Waals surface area contributed by atoms with Crippen LogP contribution in [0.3, 0.4) is 0 Å². The highest BCUT2D eigenvalue weighted by atomic mass is 19.1. The molecule has 220 valence electrons. The third kappa shape index (κ3) is 9.63. The van der Waals surface area contributed by atoms with Crippen molar-refractivity contribution in [1.82, 2.24) is 20.6 Å². The molecule has 0 aliphatic rings. The lowest BCUT2D eigenvalue weighted by atomic mass is 10.0. The number of aryl methyl sites for hydroxylation is 2. The topological polar surface area (TPSA) is 157 Å². The van der Waals surface area contributed by atoms with Crippen molar-refractivity contribution in [3.8, 4) is 0 Å². The number of halogens is 2. The average molecular weight is 567 g/mol. The van der Waals surface area contributed by atoms with E-state index in [0.29, 0.717) is 12.8 Å². The number of hydrogen-bond acceptors (Lipinski definition) is 9. The van der Waals surface area contributed by atoms with Crippen LogP contribution in [-0.4, -0.2) is 71.2 Å². The van der Waals surface area contributed by atoms with Gasteiger partial charge in [0.15, 0.2) is 6.04 Å². The van der Waals surface area contributed by atoms with Crippen LogP contribution >= 0.6 is 0 Å². The number of aliphatic hydroxyl groups excluding tert-OH is 1. The van der Waals surface area contributed by atoms with Gasteiger partial charge in [-0.25, -0.2) is 28.3 Å². The molecular formula is C27H36F2N4O7. The molecule has 3 atom stereocenters. The summed E-state index contributed by atoms with van der Waals surface area (Å²) in [6, 6.07) is 2.87. The lowest BCUT2D eigenvalue weighted by Crippen LogP contribution is -2.48. The Labute approximate surface area is 231 Å². The Morgan fingerprint density at radius 1 is 0.775 bits per heavy atom. The van der Waals surface area contributed by atoms with E-state index in [1.54, 1.807) is 27.7 Å². The first-order valence-corrected chi connectivity index (χ1v) is 12.6. The average Bonchev–Trinajstić information content (AvgIpc) is 2.93. The molecule has 2 rings (SSSR count). The highest BCUT2D eigenvalue weighted by molar-refractivity contribution is 5.96. The Morgan fingerprint density at radius 2 is 1.15 bits per heavy atom. The summed E-state index contributed by atoms with van der Waals surface area (Å²) in [5, 5.41) is 14.3. The second kappa shape index (κ2) is 16.2. The zero-order valence-corrected chi connectivity index (χ0v) is 23.6. The molecule has 40 heavy (non-hydrogen) atoms. The second-order valence-corrected chi connectivity index (χ2v) is 8.89. The number of rotatable bonds is 10. The van der Waals surface area contributed by atoms with E-state index in [2.05, 4.69) is 30.1 Å². The predicted octanol–water partition coefficient (Wildman–Crippen LogP) is 2.15. The zero-order chi connectivity index (χ0) is 30.6. The van der Waals surface area contributed by atoms with Gasteiger partial charge in [0.25, 0.3) is 11.8 Å². The molecule has 2 heterocycles. The molecule has 3 unspecified atom stereocenters. The maximum Gasteiger partial charge on any atom is 0.331 e. The smallest absolute Gasteiger partial charge is 0.331 e. The highest BCUT2D eigenvalue weighted by Crippen LogP contribution is 2.10. The second-order valence-electron chi connectivity index (χ2n) is 8.89. The number of esters is 2. The largest absolute Gasteiger partial charge is 0.467 e. The van der Waals surface area contributed by atoms with Crippen molar-refractivity contribution >= 4 is 23.8 Å². The summed E-state index contributed by atoms with van der Waals surface area (Å²) in [6.07, 6.45) is -0.404. The molecule has 2 aromatic heterocycles. The molecule has 0 radical (unpaired) electrons. The molecule has 0 spiro atoms. The monoisotopic (exact) mass is 566 g/mol. The van der Waals surface area contributed by atoms with Crippen LogP contribution in [0.25, 0.3) is 0 Å². The molecule has 0 saturated heterocycles. The number of amides is 2. The van der Waals surface area contributed by atoms with Gasteiger partial charge in [-0.05, 0) is 49.9 Å². The molecule has 0 bridgehead atoms. The molecule has 3 N–H and O–H groups in total. The van der Waals surface area contributed by atoms with E-state index in [1.165, 1.54) is 32.2 Å². The zero-order valence-electron chi connectivity index (χ0n) is 23.6. The van der Waals surface area contributed by atoms with Gasteiger partial charge < -0.3 is 25.2 Å². The number of carbonyl (C=O) groups excluding carboxylic acids is 4. The first kappa shape index (κ1) is 34.0. The Balaban J connectivity index is 0.000000400. The molecule has 2 aromatic rings. The first-order valence-electron chi connectivity index (χ1n) is 12.6. The molecule has 11 nitrogen and oxygen atoms in total. The number of methoxy groups -OCH3 is 2. The molecular weight excluding hydrogens is 530 g/mol. The summed E-state index contributed by atoms with van der Waals surface area (Å²) in [4.78, 5) is 54.8.